The third-order valence-electron chi connectivity index (χ3n) is 2.04. The van der Waals surface area contributed by atoms with Crippen molar-refractivity contribution in [3.05, 3.63) is 35.6 Å². The fourth-order valence-electron chi connectivity index (χ4n) is 1.29. The van der Waals surface area contributed by atoms with Crippen LogP contribution in [0.4, 0.5) is 4.39 Å². The van der Waals surface area contributed by atoms with Gasteiger partial charge in [-0.15, -0.1) is 0 Å². The number of amidine groups is 1. The van der Waals surface area contributed by atoms with Gasteiger partial charge in [0.1, 0.15) is 17.7 Å². The summed E-state index contributed by atoms with van der Waals surface area (Å²) in [5.41, 5.74) is 0.600. The topological polar surface area (TPSA) is 41.5 Å². The van der Waals surface area contributed by atoms with Gasteiger partial charge in [0.2, 0.25) is 5.91 Å². The molecule has 1 aromatic carbocycles. The SMILES string of the molecule is CC1N=C(c2cccc(F)c2)NC1=O. The second-order valence-electron chi connectivity index (χ2n) is 3.15. The van der Waals surface area contributed by atoms with Crippen LogP contribution in [0, 0.1) is 5.82 Å². The van der Waals surface area contributed by atoms with Crippen molar-refractivity contribution in [3.63, 3.8) is 0 Å². The molecule has 1 aliphatic rings. The Morgan fingerprint density at radius 1 is 1.50 bits per heavy atom. The van der Waals surface area contributed by atoms with E-state index in [9.17, 15) is 9.18 Å². The number of carbonyl (C=O) groups is 1. The van der Waals surface area contributed by atoms with E-state index in [-0.39, 0.29) is 17.8 Å². The van der Waals surface area contributed by atoms with Gasteiger partial charge in [-0.3, -0.25) is 9.79 Å². The maximum Gasteiger partial charge on any atom is 0.250 e. The van der Waals surface area contributed by atoms with E-state index in [0.29, 0.717) is 11.4 Å². The fraction of sp³-hybridized carbons (Fsp3) is 0.200. The molecule has 0 saturated carbocycles. The average Bonchev–Trinajstić information content (AvgIpc) is 2.47. The van der Waals surface area contributed by atoms with Gasteiger partial charge in [0.15, 0.2) is 0 Å². The highest BCUT2D eigenvalue weighted by molar-refractivity contribution is 6.13. The number of hydrogen-bond donors (Lipinski definition) is 1. The van der Waals surface area contributed by atoms with Crippen molar-refractivity contribution in [3.8, 4) is 0 Å². The Bertz CT molecular complexity index is 414. The summed E-state index contributed by atoms with van der Waals surface area (Å²) in [6, 6.07) is 5.61. The largest absolute Gasteiger partial charge is 0.309 e. The van der Waals surface area contributed by atoms with Crippen LogP contribution < -0.4 is 5.32 Å². The maximum atomic E-state index is 12.8. The highest BCUT2D eigenvalue weighted by Crippen LogP contribution is 2.09. The number of aliphatic imine (C=N–C) groups is 1. The predicted molar refractivity (Wildman–Crippen MR) is 50.5 cm³/mol. The number of halogens is 1. The van der Waals surface area contributed by atoms with E-state index < -0.39 is 0 Å². The molecule has 2 rings (SSSR count). The summed E-state index contributed by atoms with van der Waals surface area (Å²) in [4.78, 5) is 15.2. The van der Waals surface area contributed by atoms with Crippen LogP contribution in [0.2, 0.25) is 0 Å². The molecule has 0 saturated heterocycles. The van der Waals surface area contributed by atoms with E-state index >= 15 is 0 Å². The molecule has 1 amide bonds. The second-order valence-corrected chi connectivity index (χ2v) is 3.15. The molecule has 1 atom stereocenters. The van der Waals surface area contributed by atoms with Crippen LogP contribution in [0.5, 0.6) is 0 Å². The third-order valence-corrected chi connectivity index (χ3v) is 2.04. The zero-order valence-corrected chi connectivity index (χ0v) is 7.62. The Morgan fingerprint density at radius 3 is 2.86 bits per heavy atom. The van der Waals surface area contributed by atoms with E-state index in [1.165, 1.54) is 12.1 Å². The van der Waals surface area contributed by atoms with Gasteiger partial charge in [-0.1, -0.05) is 12.1 Å². The van der Waals surface area contributed by atoms with Crippen LogP contribution >= 0.6 is 0 Å². The molecule has 0 fully saturated rings. The number of nitrogens with one attached hydrogen (secondary N) is 1. The van der Waals surface area contributed by atoms with Crippen molar-refractivity contribution in [2.45, 2.75) is 13.0 Å². The van der Waals surface area contributed by atoms with Crippen LogP contribution in [0.25, 0.3) is 0 Å². The van der Waals surface area contributed by atoms with Gasteiger partial charge >= 0.3 is 0 Å². The molecule has 0 spiro atoms. The van der Waals surface area contributed by atoms with E-state index in [4.69, 9.17) is 0 Å². The zero-order valence-electron chi connectivity index (χ0n) is 7.62. The molecular formula is C10H9FN2O. The first-order valence-electron chi connectivity index (χ1n) is 4.31. The van der Waals surface area contributed by atoms with Crippen LogP contribution in [0.3, 0.4) is 0 Å². The van der Waals surface area contributed by atoms with Crippen molar-refractivity contribution >= 4 is 11.7 Å². The van der Waals surface area contributed by atoms with Crippen molar-refractivity contribution in [1.82, 2.24) is 5.32 Å². The molecule has 0 aliphatic carbocycles. The molecule has 0 radical (unpaired) electrons. The number of nitrogens with zero attached hydrogens (tertiary/aromatic N) is 1. The Morgan fingerprint density at radius 2 is 2.29 bits per heavy atom. The first-order valence-corrected chi connectivity index (χ1v) is 4.31. The van der Waals surface area contributed by atoms with Crippen molar-refractivity contribution < 1.29 is 9.18 Å². The van der Waals surface area contributed by atoms with Gasteiger partial charge in [-0.25, -0.2) is 4.39 Å². The standard InChI is InChI=1S/C10H9FN2O/c1-6-10(14)13-9(12-6)7-3-2-4-8(11)5-7/h2-6H,1H3,(H,12,13,14). The van der Waals surface area contributed by atoms with E-state index in [2.05, 4.69) is 10.3 Å². The lowest BCUT2D eigenvalue weighted by Crippen LogP contribution is -2.27. The minimum atomic E-state index is -0.381. The molecule has 1 N–H and O–H groups in total. The van der Waals surface area contributed by atoms with Gasteiger partial charge in [0, 0.05) is 5.56 Å². The van der Waals surface area contributed by atoms with Gasteiger partial charge in [-0.05, 0) is 19.1 Å². The summed E-state index contributed by atoms with van der Waals surface area (Å²) >= 11 is 0. The molecular weight excluding hydrogens is 183 g/mol. The lowest BCUT2D eigenvalue weighted by Gasteiger charge is -1.99. The summed E-state index contributed by atoms with van der Waals surface area (Å²) in [5.74, 6) is -0.0368. The minimum Gasteiger partial charge on any atom is -0.309 e. The summed E-state index contributed by atoms with van der Waals surface area (Å²) in [6.45, 7) is 1.70. The lowest BCUT2D eigenvalue weighted by molar-refractivity contribution is -0.119. The molecule has 1 aliphatic heterocycles. The van der Waals surface area contributed by atoms with Crippen molar-refractivity contribution in [2.75, 3.05) is 0 Å². The zero-order chi connectivity index (χ0) is 10.1. The molecule has 4 heteroatoms. The molecule has 1 unspecified atom stereocenters. The highest BCUT2D eigenvalue weighted by atomic mass is 19.1. The number of rotatable bonds is 1. The average molecular weight is 192 g/mol. The van der Waals surface area contributed by atoms with Gasteiger partial charge < -0.3 is 5.32 Å². The van der Waals surface area contributed by atoms with Crippen molar-refractivity contribution in [2.24, 2.45) is 4.99 Å². The van der Waals surface area contributed by atoms with Crippen LogP contribution in [-0.4, -0.2) is 17.8 Å². The predicted octanol–water partition coefficient (Wildman–Crippen LogP) is 1.09. The van der Waals surface area contributed by atoms with E-state index in [0.717, 1.165) is 0 Å². The summed E-state index contributed by atoms with van der Waals surface area (Å²) in [6.07, 6.45) is 0. The van der Waals surface area contributed by atoms with Crippen LogP contribution in [-0.2, 0) is 4.79 Å². The maximum absolute atomic E-state index is 12.8. The quantitative estimate of drug-likeness (QED) is 0.711. The number of amides is 1. The molecule has 0 bridgehead atoms. The lowest BCUT2D eigenvalue weighted by atomic mass is 10.2. The third kappa shape index (κ3) is 1.51. The van der Waals surface area contributed by atoms with Crippen LogP contribution in [0.1, 0.15) is 12.5 Å². The summed E-state index contributed by atoms with van der Waals surface area (Å²) in [7, 11) is 0. The Hall–Kier alpha value is -1.71. The van der Waals surface area contributed by atoms with Gasteiger partial charge in [0.05, 0.1) is 0 Å². The fourth-order valence-corrected chi connectivity index (χ4v) is 1.29. The molecule has 0 aromatic heterocycles. The molecule has 3 nitrogen and oxygen atoms in total. The van der Waals surface area contributed by atoms with Crippen LogP contribution in [0.15, 0.2) is 29.3 Å². The first-order chi connectivity index (χ1) is 6.66. The summed E-state index contributed by atoms with van der Waals surface area (Å²) in [5, 5.41) is 2.59. The van der Waals surface area contributed by atoms with Crippen molar-refractivity contribution in [1.29, 1.82) is 0 Å². The monoisotopic (exact) mass is 192 g/mol. The number of benzene rings is 1. The molecule has 14 heavy (non-hydrogen) atoms. The van der Waals surface area contributed by atoms with E-state index in [1.807, 2.05) is 0 Å². The van der Waals surface area contributed by atoms with Gasteiger partial charge in [0.25, 0.3) is 0 Å². The molecule has 1 aromatic rings. The Balaban J connectivity index is 2.33. The first kappa shape index (κ1) is 8.87. The van der Waals surface area contributed by atoms with Gasteiger partial charge in [-0.2, -0.15) is 0 Å². The second kappa shape index (κ2) is 3.21. The minimum absolute atomic E-state index is 0.149. The van der Waals surface area contributed by atoms with E-state index in [1.54, 1.807) is 19.1 Å². The molecule has 72 valence electrons. The Kier molecular flexibility index (Phi) is 2.04. The Labute approximate surface area is 80.7 Å². The summed E-state index contributed by atoms with van der Waals surface area (Å²) < 4.78 is 12.8. The number of hydrogen-bond acceptors (Lipinski definition) is 2. The number of carbonyl (C=O) groups excluding carboxylic acids is 1. The smallest absolute Gasteiger partial charge is 0.250 e. The normalized spacial score (nSPS) is 20.6. The molecule has 1 heterocycles. The highest BCUT2D eigenvalue weighted by Gasteiger charge is 2.22.